The van der Waals surface area contributed by atoms with Crippen molar-refractivity contribution in [2.75, 3.05) is 22.8 Å². The fourth-order valence-corrected chi connectivity index (χ4v) is 4.51. The summed E-state index contributed by atoms with van der Waals surface area (Å²) in [5, 5.41) is 17.3. The second kappa shape index (κ2) is 14.1. The van der Waals surface area contributed by atoms with E-state index in [1.54, 1.807) is 48.7 Å². The molecule has 3 aromatic rings. The second-order valence-electron chi connectivity index (χ2n) is 9.22. The third-order valence-electron chi connectivity index (χ3n) is 6.33. The molecular formula is C28H30ClN9O4. The van der Waals surface area contributed by atoms with E-state index in [2.05, 4.69) is 42.6 Å². The molecule has 0 saturated carbocycles. The molecule has 6 N–H and O–H groups in total. The number of imidazole rings is 1. The highest BCUT2D eigenvalue weighted by atomic mass is 35.5. The number of fused-ring (bicyclic) bond motifs is 4. The number of hydrogen-bond donors (Lipinski definition) is 5. The molecule has 2 aromatic carbocycles. The predicted molar refractivity (Wildman–Crippen MR) is 163 cm³/mol. The standard InChI is InChI=1S/C28H30ClN9O4/c1-31-33-16-38(30)24-11-8-18(29)13-17(24)7-12-26(40)35-21-5-3-4-6-25(39)36-22-14-19(34-28(41)42-2)9-10-20(22)23-15-32-27(21)37-23/h7-16,21H,1,3-6,30H2,2H3,(H,32,37)(H,34,41)(H,35,40)(H,36,39)/b12-7+,33-16-/t21-/m0/s1. The molecule has 14 heteroatoms. The molecule has 0 saturated heterocycles. The Balaban J connectivity index is 1.57. The van der Waals surface area contributed by atoms with Gasteiger partial charge in [-0.1, -0.05) is 18.0 Å². The molecule has 0 aliphatic carbocycles. The Kier molecular flexibility index (Phi) is 10.0. The lowest BCUT2D eigenvalue weighted by Crippen LogP contribution is -2.29. The van der Waals surface area contributed by atoms with Crippen molar-refractivity contribution in [3.8, 4) is 11.3 Å². The minimum Gasteiger partial charge on any atom is -0.453 e. The average Bonchev–Trinajstić information content (AvgIpc) is 3.46. The number of hydrazine groups is 1. The summed E-state index contributed by atoms with van der Waals surface area (Å²) < 4.78 is 4.66. The zero-order chi connectivity index (χ0) is 30.1. The lowest BCUT2D eigenvalue weighted by atomic mass is 10.1. The summed E-state index contributed by atoms with van der Waals surface area (Å²) in [5.74, 6) is 6.05. The molecule has 1 aromatic heterocycles. The fraction of sp³-hybridized carbons (Fsp3) is 0.214. The molecule has 218 valence electrons. The van der Waals surface area contributed by atoms with Gasteiger partial charge in [-0.15, -0.1) is 5.10 Å². The Morgan fingerprint density at radius 3 is 2.88 bits per heavy atom. The van der Waals surface area contributed by atoms with Gasteiger partial charge in [0, 0.05) is 47.2 Å². The minimum atomic E-state index is -0.630. The fourth-order valence-electron chi connectivity index (χ4n) is 4.33. The van der Waals surface area contributed by atoms with Crippen molar-refractivity contribution >= 4 is 65.7 Å². The lowest BCUT2D eigenvalue weighted by molar-refractivity contribution is -0.118. The van der Waals surface area contributed by atoms with E-state index in [1.165, 1.54) is 24.5 Å². The molecule has 13 nitrogen and oxygen atoms in total. The summed E-state index contributed by atoms with van der Waals surface area (Å²) in [6.07, 6.45) is 7.41. The van der Waals surface area contributed by atoms with Gasteiger partial charge in [-0.05, 0) is 55.3 Å². The summed E-state index contributed by atoms with van der Waals surface area (Å²) in [4.78, 5) is 45.3. The molecular weight excluding hydrogens is 562 g/mol. The zero-order valence-corrected chi connectivity index (χ0v) is 23.5. The van der Waals surface area contributed by atoms with Gasteiger partial charge in [0.15, 0.2) is 0 Å². The van der Waals surface area contributed by atoms with Crippen LogP contribution in [-0.2, 0) is 14.3 Å². The van der Waals surface area contributed by atoms with Gasteiger partial charge >= 0.3 is 6.09 Å². The van der Waals surface area contributed by atoms with Crippen molar-refractivity contribution in [1.82, 2.24) is 15.3 Å². The third kappa shape index (κ3) is 7.80. The van der Waals surface area contributed by atoms with E-state index in [-0.39, 0.29) is 18.2 Å². The molecule has 0 radical (unpaired) electrons. The van der Waals surface area contributed by atoms with E-state index in [1.807, 2.05) is 0 Å². The maximum absolute atomic E-state index is 13.0. The average molecular weight is 592 g/mol. The summed E-state index contributed by atoms with van der Waals surface area (Å²) >= 11 is 6.17. The number of carbonyl (C=O) groups is 3. The number of amides is 3. The van der Waals surface area contributed by atoms with E-state index in [0.29, 0.717) is 64.0 Å². The van der Waals surface area contributed by atoms with Crippen LogP contribution < -0.4 is 26.8 Å². The first-order valence-electron chi connectivity index (χ1n) is 12.9. The second-order valence-corrected chi connectivity index (χ2v) is 9.66. The van der Waals surface area contributed by atoms with Gasteiger partial charge in [-0.25, -0.2) is 15.6 Å². The molecule has 2 bridgehead atoms. The van der Waals surface area contributed by atoms with Crippen molar-refractivity contribution < 1.29 is 19.1 Å². The van der Waals surface area contributed by atoms with E-state index in [9.17, 15) is 14.4 Å². The minimum absolute atomic E-state index is 0.175. The van der Waals surface area contributed by atoms with Crippen molar-refractivity contribution in [1.29, 1.82) is 0 Å². The molecule has 3 amide bonds. The van der Waals surface area contributed by atoms with Crippen LogP contribution in [0.5, 0.6) is 0 Å². The molecule has 0 fully saturated rings. The van der Waals surface area contributed by atoms with Gasteiger partial charge in [0.1, 0.15) is 12.2 Å². The number of nitrogens with one attached hydrogen (secondary N) is 4. The summed E-state index contributed by atoms with van der Waals surface area (Å²) in [7, 11) is 1.27. The topological polar surface area (TPSA) is 179 Å². The first-order chi connectivity index (χ1) is 20.3. The molecule has 2 heterocycles. The number of anilines is 3. The quantitative estimate of drug-likeness (QED) is 0.0874. The molecule has 1 aliphatic rings. The first-order valence-corrected chi connectivity index (χ1v) is 13.3. The summed E-state index contributed by atoms with van der Waals surface area (Å²) in [5.41, 5.74) is 3.25. The third-order valence-corrected chi connectivity index (χ3v) is 6.57. The lowest BCUT2D eigenvalue weighted by Gasteiger charge is -2.17. The number of nitrogens with two attached hydrogens (primary N) is 1. The SMILES string of the molecule is C=N/N=C\N(N)c1ccc(Cl)cc1/C=C/C(=O)N[C@H]1CCCCC(=O)Nc2cc(NC(=O)OC)ccc2-c2c[nH]c1n2. The predicted octanol–water partition coefficient (Wildman–Crippen LogP) is 4.62. The smallest absolute Gasteiger partial charge is 0.411 e. The van der Waals surface area contributed by atoms with Crippen LogP contribution in [0.2, 0.25) is 5.02 Å². The normalized spacial score (nSPS) is 15.2. The highest BCUT2D eigenvalue weighted by Gasteiger charge is 2.21. The Bertz CT molecular complexity index is 1540. The van der Waals surface area contributed by atoms with Gasteiger partial charge < -0.3 is 20.4 Å². The van der Waals surface area contributed by atoms with E-state index < -0.39 is 12.1 Å². The van der Waals surface area contributed by atoms with Gasteiger partial charge in [0.2, 0.25) is 11.8 Å². The van der Waals surface area contributed by atoms with Gasteiger partial charge in [0.05, 0.1) is 30.2 Å². The molecule has 4 rings (SSSR count). The highest BCUT2D eigenvalue weighted by Crippen LogP contribution is 2.32. The summed E-state index contributed by atoms with van der Waals surface area (Å²) in [6.45, 7) is 3.28. The Labute approximate surface area is 246 Å². The Morgan fingerprint density at radius 2 is 2.10 bits per heavy atom. The molecule has 1 atom stereocenters. The van der Waals surface area contributed by atoms with Crippen LogP contribution in [-0.4, -0.2) is 48.0 Å². The van der Waals surface area contributed by atoms with Crippen molar-refractivity contribution in [2.45, 2.75) is 31.7 Å². The van der Waals surface area contributed by atoms with Gasteiger partial charge in [0.25, 0.3) is 0 Å². The largest absolute Gasteiger partial charge is 0.453 e. The number of aromatic nitrogens is 2. The Hall–Kier alpha value is -5.01. The first kappa shape index (κ1) is 30.0. The number of ether oxygens (including phenoxy) is 1. The number of benzene rings is 2. The monoisotopic (exact) mass is 591 g/mol. The molecule has 0 unspecified atom stereocenters. The van der Waals surface area contributed by atoms with Crippen LogP contribution in [0.3, 0.4) is 0 Å². The molecule has 1 aliphatic heterocycles. The van der Waals surface area contributed by atoms with Crippen LogP contribution in [0.1, 0.15) is 43.1 Å². The zero-order valence-electron chi connectivity index (χ0n) is 22.8. The number of H-pyrrole nitrogens is 1. The number of aromatic amines is 1. The number of halogens is 1. The number of nitrogens with zero attached hydrogens (tertiary/aromatic N) is 4. The van der Waals surface area contributed by atoms with Crippen LogP contribution in [0.4, 0.5) is 21.9 Å². The molecule has 0 spiro atoms. The highest BCUT2D eigenvalue weighted by molar-refractivity contribution is 6.30. The molecule has 42 heavy (non-hydrogen) atoms. The number of carbonyl (C=O) groups excluding carboxylic acids is 3. The van der Waals surface area contributed by atoms with Gasteiger partial charge in [-0.3, -0.25) is 19.9 Å². The maximum atomic E-state index is 13.0. The van der Waals surface area contributed by atoms with Crippen molar-refractivity contribution in [3.63, 3.8) is 0 Å². The van der Waals surface area contributed by atoms with Crippen LogP contribution in [0.15, 0.2) is 58.9 Å². The Morgan fingerprint density at radius 1 is 1.26 bits per heavy atom. The van der Waals surface area contributed by atoms with Crippen molar-refractivity contribution in [2.24, 2.45) is 16.0 Å². The number of methoxy groups -OCH3 is 1. The van der Waals surface area contributed by atoms with Crippen molar-refractivity contribution in [3.05, 3.63) is 65.1 Å². The maximum Gasteiger partial charge on any atom is 0.411 e. The van der Waals surface area contributed by atoms with Crippen LogP contribution in [0.25, 0.3) is 17.3 Å². The summed E-state index contributed by atoms with van der Waals surface area (Å²) in [6, 6.07) is 9.63. The number of hydrogen-bond acceptors (Lipinski definition) is 8. The number of rotatable bonds is 7. The van der Waals surface area contributed by atoms with Gasteiger partial charge in [-0.2, -0.15) is 5.10 Å². The van der Waals surface area contributed by atoms with Crippen LogP contribution >= 0.6 is 11.6 Å². The van der Waals surface area contributed by atoms with E-state index >= 15 is 0 Å². The van der Waals surface area contributed by atoms with Crippen LogP contribution in [0, 0.1) is 0 Å². The van der Waals surface area contributed by atoms with E-state index in [0.717, 1.165) is 0 Å². The van der Waals surface area contributed by atoms with E-state index in [4.69, 9.17) is 22.4 Å².